The quantitative estimate of drug-likeness (QED) is 0.367. The predicted octanol–water partition coefficient (Wildman–Crippen LogP) is 5.01. The Hall–Kier alpha value is -3.49. The van der Waals surface area contributed by atoms with Gasteiger partial charge in [0.1, 0.15) is 11.5 Å². The molecule has 8 heteroatoms. The SMILES string of the molecule is c1ccc(Sc2cc3c(-c4nc(N5CCNCC5)c5c(C6CC6)cncc5n4)ccnc3[nH]2)cc1. The normalized spacial score (nSPS) is 16.3. The number of fused-ring (bicyclic) bond motifs is 2. The fourth-order valence-corrected chi connectivity index (χ4v) is 5.76. The Kier molecular flexibility index (Phi) is 5.14. The lowest BCUT2D eigenvalue weighted by atomic mass is 10.1. The van der Waals surface area contributed by atoms with Crippen LogP contribution in [-0.4, -0.2) is 51.1 Å². The second kappa shape index (κ2) is 8.62. The molecule has 5 heterocycles. The van der Waals surface area contributed by atoms with E-state index in [9.17, 15) is 0 Å². The maximum absolute atomic E-state index is 5.22. The van der Waals surface area contributed by atoms with Gasteiger partial charge in [0, 0.05) is 59.8 Å². The van der Waals surface area contributed by atoms with Crippen LogP contribution < -0.4 is 10.2 Å². The molecular weight excluding hydrogens is 454 g/mol. The van der Waals surface area contributed by atoms with E-state index in [0.717, 1.165) is 65.0 Å². The standard InChI is InChI=1S/C27H25N7S/c1-2-4-18(5-3-1)35-23-14-20-19(8-9-30-25(20)32-23)26-31-22-16-29-15-21(17-6-7-17)24(22)27(33-26)34-12-10-28-11-13-34/h1-5,8-9,14-17,28H,6-7,10-13H2,(H,30,32). The minimum absolute atomic E-state index is 0.581. The molecule has 2 fully saturated rings. The van der Waals surface area contributed by atoms with Crippen LogP contribution in [0.25, 0.3) is 33.3 Å². The van der Waals surface area contributed by atoms with Gasteiger partial charge in [-0.1, -0.05) is 30.0 Å². The lowest BCUT2D eigenvalue weighted by Crippen LogP contribution is -2.44. The van der Waals surface area contributed by atoms with Crippen molar-refractivity contribution in [3.05, 3.63) is 66.6 Å². The monoisotopic (exact) mass is 479 g/mol. The van der Waals surface area contributed by atoms with Crippen LogP contribution in [0.2, 0.25) is 0 Å². The zero-order valence-corrected chi connectivity index (χ0v) is 20.1. The first-order chi connectivity index (χ1) is 17.3. The molecule has 1 aliphatic carbocycles. The summed E-state index contributed by atoms with van der Waals surface area (Å²) in [6.45, 7) is 3.79. The summed E-state index contributed by atoms with van der Waals surface area (Å²) in [5.41, 5.74) is 4.05. The molecule has 0 bridgehead atoms. The number of nitrogens with zero attached hydrogens (tertiary/aromatic N) is 5. The van der Waals surface area contributed by atoms with Gasteiger partial charge in [-0.05, 0) is 48.6 Å². The van der Waals surface area contributed by atoms with Gasteiger partial charge in [0.05, 0.1) is 16.7 Å². The van der Waals surface area contributed by atoms with Crippen molar-refractivity contribution >= 4 is 39.5 Å². The first-order valence-electron chi connectivity index (χ1n) is 12.2. The third-order valence-electron chi connectivity index (χ3n) is 6.77. The fourth-order valence-electron chi connectivity index (χ4n) is 4.89. The number of benzene rings is 1. The Morgan fingerprint density at radius 3 is 2.66 bits per heavy atom. The van der Waals surface area contributed by atoms with Gasteiger partial charge in [0.25, 0.3) is 0 Å². The third kappa shape index (κ3) is 3.92. The van der Waals surface area contributed by atoms with Gasteiger partial charge in [-0.25, -0.2) is 15.0 Å². The summed E-state index contributed by atoms with van der Waals surface area (Å²) in [6, 6.07) is 14.5. The second-order valence-electron chi connectivity index (χ2n) is 9.17. The van der Waals surface area contributed by atoms with E-state index in [1.807, 2.05) is 30.7 Å². The molecule has 0 spiro atoms. The van der Waals surface area contributed by atoms with Crippen LogP contribution in [-0.2, 0) is 0 Å². The first kappa shape index (κ1) is 20.8. The molecule has 174 valence electrons. The average molecular weight is 480 g/mol. The van der Waals surface area contributed by atoms with E-state index in [1.165, 1.54) is 28.7 Å². The largest absolute Gasteiger partial charge is 0.353 e. The highest BCUT2D eigenvalue weighted by Crippen LogP contribution is 2.45. The summed E-state index contributed by atoms with van der Waals surface area (Å²) in [5, 5.41) is 6.72. The summed E-state index contributed by atoms with van der Waals surface area (Å²) in [5.74, 6) is 2.34. The zero-order chi connectivity index (χ0) is 23.2. The van der Waals surface area contributed by atoms with Gasteiger partial charge in [0.2, 0.25) is 0 Å². The van der Waals surface area contributed by atoms with E-state index in [0.29, 0.717) is 5.92 Å². The van der Waals surface area contributed by atoms with Crippen LogP contribution in [0.1, 0.15) is 24.3 Å². The van der Waals surface area contributed by atoms with E-state index < -0.39 is 0 Å². The molecule has 1 aliphatic heterocycles. The van der Waals surface area contributed by atoms with Gasteiger partial charge in [-0.3, -0.25) is 4.98 Å². The van der Waals surface area contributed by atoms with Gasteiger partial charge in [0.15, 0.2) is 5.82 Å². The molecule has 0 amide bonds. The molecule has 1 aromatic carbocycles. The van der Waals surface area contributed by atoms with Crippen LogP contribution in [0.4, 0.5) is 5.82 Å². The smallest absolute Gasteiger partial charge is 0.163 e. The third-order valence-corrected chi connectivity index (χ3v) is 7.72. The fraction of sp³-hybridized carbons (Fsp3) is 0.259. The highest BCUT2D eigenvalue weighted by Gasteiger charge is 2.29. The number of rotatable bonds is 5. The number of pyridine rings is 2. The predicted molar refractivity (Wildman–Crippen MR) is 140 cm³/mol. The molecule has 0 radical (unpaired) electrons. The Morgan fingerprint density at radius 2 is 1.83 bits per heavy atom. The van der Waals surface area contributed by atoms with Crippen molar-refractivity contribution in [2.75, 3.05) is 31.1 Å². The molecule has 1 saturated heterocycles. The van der Waals surface area contributed by atoms with Crippen LogP contribution in [0, 0.1) is 0 Å². The summed E-state index contributed by atoms with van der Waals surface area (Å²) in [7, 11) is 0. The molecule has 0 unspecified atom stereocenters. The second-order valence-corrected chi connectivity index (χ2v) is 10.3. The van der Waals surface area contributed by atoms with Crippen molar-refractivity contribution in [2.24, 2.45) is 0 Å². The zero-order valence-electron chi connectivity index (χ0n) is 19.2. The minimum atomic E-state index is 0.581. The molecule has 7 nitrogen and oxygen atoms in total. The van der Waals surface area contributed by atoms with Crippen molar-refractivity contribution in [3.8, 4) is 11.4 Å². The van der Waals surface area contributed by atoms with Crippen molar-refractivity contribution in [1.82, 2.24) is 30.2 Å². The van der Waals surface area contributed by atoms with Crippen molar-refractivity contribution < 1.29 is 0 Å². The molecule has 2 N–H and O–H groups in total. The Morgan fingerprint density at radius 1 is 0.971 bits per heavy atom. The van der Waals surface area contributed by atoms with E-state index in [1.54, 1.807) is 11.8 Å². The molecule has 4 aromatic heterocycles. The number of piperazine rings is 1. The van der Waals surface area contributed by atoms with E-state index in [-0.39, 0.29) is 0 Å². The Bertz CT molecular complexity index is 1520. The summed E-state index contributed by atoms with van der Waals surface area (Å²) >= 11 is 1.70. The highest BCUT2D eigenvalue weighted by atomic mass is 32.2. The Labute approximate surface area is 207 Å². The molecule has 1 saturated carbocycles. The highest BCUT2D eigenvalue weighted by molar-refractivity contribution is 7.99. The maximum Gasteiger partial charge on any atom is 0.163 e. The molecule has 5 aromatic rings. The van der Waals surface area contributed by atoms with Crippen LogP contribution in [0.15, 0.2) is 71.0 Å². The molecule has 7 rings (SSSR count). The lowest BCUT2D eigenvalue weighted by Gasteiger charge is -2.30. The van der Waals surface area contributed by atoms with Crippen LogP contribution in [0.3, 0.4) is 0 Å². The van der Waals surface area contributed by atoms with E-state index in [4.69, 9.17) is 9.97 Å². The minimum Gasteiger partial charge on any atom is -0.353 e. The lowest BCUT2D eigenvalue weighted by molar-refractivity contribution is 0.586. The van der Waals surface area contributed by atoms with Crippen molar-refractivity contribution in [3.63, 3.8) is 0 Å². The number of anilines is 1. The number of H-pyrrole nitrogens is 1. The molecular formula is C27H25N7S. The number of nitrogens with one attached hydrogen (secondary N) is 2. The maximum atomic E-state index is 5.22. The Balaban J connectivity index is 1.38. The average Bonchev–Trinajstić information content (AvgIpc) is 3.67. The molecule has 2 aliphatic rings. The summed E-state index contributed by atoms with van der Waals surface area (Å²) in [4.78, 5) is 26.5. The van der Waals surface area contributed by atoms with E-state index in [2.05, 4.69) is 55.5 Å². The van der Waals surface area contributed by atoms with Gasteiger partial charge >= 0.3 is 0 Å². The van der Waals surface area contributed by atoms with Gasteiger partial charge < -0.3 is 15.2 Å². The van der Waals surface area contributed by atoms with Crippen molar-refractivity contribution in [1.29, 1.82) is 0 Å². The first-order valence-corrected chi connectivity index (χ1v) is 13.0. The number of aromatic nitrogens is 5. The number of hydrogen-bond acceptors (Lipinski definition) is 7. The van der Waals surface area contributed by atoms with Crippen molar-refractivity contribution in [2.45, 2.75) is 28.7 Å². The van der Waals surface area contributed by atoms with Crippen LogP contribution in [0.5, 0.6) is 0 Å². The van der Waals surface area contributed by atoms with Crippen LogP contribution >= 0.6 is 11.8 Å². The summed E-state index contributed by atoms with van der Waals surface area (Å²) in [6.07, 6.45) is 8.20. The molecule has 35 heavy (non-hydrogen) atoms. The number of aromatic amines is 1. The number of hydrogen-bond donors (Lipinski definition) is 2. The van der Waals surface area contributed by atoms with Gasteiger partial charge in [-0.15, -0.1) is 0 Å². The summed E-state index contributed by atoms with van der Waals surface area (Å²) < 4.78 is 0. The topological polar surface area (TPSA) is 82.6 Å². The molecule has 0 atom stereocenters. The van der Waals surface area contributed by atoms with Gasteiger partial charge in [-0.2, -0.15) is 0 Å². The van der Waals surface area contributed by atoms with E-state index >= 15 is 0 Å².